The topological polar surface area (TPSA) is 32.3 Å². The van der Waals surface area contributed by atoms with Gasteiger partial charge in [-0.2, -0.15) is 0 Å². The minimum Gasteiger partial charge on any atom is -0.334 e. The van der Waals surface area contributed by atoms with Crippen molar-refractivity contribution in [3.63, 3.8) is 0 Å². The third-order valence-corrected chi connectivity index (χ3v) is 5.18. The van der Waals surface area contributed by atoms with E-state index in [2.05, 4.69) is 18.3 Å². The van der Waals surface area contributed by atoms with Crippen LogP contribution in [-0.4, -0.2) is 29.9 Å². The first-order valence-corrected chi connectivity index (χ1v) is 8.34. The van der Waals surface area contributed by atoms with Crippen LogP contribution in [-0.2, 0) is 4.79 Å². The molecule has 2 heterocycles. The lowest BCUT2D eigenvalue weighted by molar-refractivity contribution is -0.136. The van der Waals surface area contributed by atoms with Crippen molar-refractivity contribution in [1.29, 1.82) is 0 Å². The van der Waals surface area contributed by atoms with E-state index in [4.69, 9.17) is 11.6 Å². The van der Waals surface area contributed by atoms with Crippen molar-refractivity contribution >= 4 is 17.5 Å². The van der Waals surface area contributed by atoms with E-state index in [0.29, 0.717) is 5.92 Å². The van der Waals surface area contributed by atoms with E-state index in [0.717, 1.165) is 42.9 Å². The molecule has 0 radical (unpaired) electrons. The molecule has 0 spiro atoms. The Morgan fingerprint density at radius 2 is 2.10 bits per heavy atom. The lowest BCUT2D eigenvalue weighted by Gasteiger charge is -2.35. The van der Waals surface area contributed by atoms with Crippen molar-refractivity contribution in [1.82, 2.24) is 10.2 Å². The molecule has 3 unspecified atom stereocenters. The number of hydrogen-bond acceptors (Lipinski definition) is 2. The molecule has 21 heavy (non-hydrogen) atoms. The zero-order valence-electron chi connectivity index (χ0n) is 12.5. The molecule has 0 bridgehead atoms. The average Bonchev–Trinajstić information content (AvgIpc) is 2.97. The molecule has 0 saturated carbocycles. The first-order chi connectivity index (χ1) is 10.2. The molecular formula is C17H23ClN2O. The summed E-state index contributed by atoms with van der Waals surface area (Å²) in [4.78, 5) is 15.0. The summed E-state index contributed by atoms with van der Waals surface area (Å²) in [6.45, 7) is 3.97. The van der Waals surface area contributed by atoms with Gasteiger partial charge in [0.05, 0.1) is 12.1 Å². The molecule has 1 aromatic rings. The first-order valence-electron chi connectivity index (χ1n) is 7.97. The van der Waals surface area contributed by atoms with Crippen LogP contribution >= 0.6 is 11.6 Å². The van der Waals surface area contributed by atoms with Crippen LogP contribution in [0.3, 0.4) is 0 Å². The van der Waals surface area contributed by atoms with E-state index in [-0.39, 0.29) is 18.0 Å². The molecule has 1 N–H and O–H groups in total. The number of piperidine rings is 1. The minimum atomic E-state index is -0.0261. The summed E-state index contributed by atoms with van der Waals surface area (Å²) in [5.74, 6) is 0.670. The largest absolute Gasteiger partial charge is 0.334 e. The molecule has 4 heteroatoms. The molecule has 2 fully saturated rings. The maximum atomic E-state index is 12.9. The number of amides is 1. The molecule has 2 aliphatic rings. The van der Waals surface area contributed by atoms with Gasteiger partial charge in [0.1, 0.15) is 0 Å². The van der Waals surface area contributed by atoms with Crippen molar-refractivity contribution in [2.45, 2.75) is 44.7 Å². The summed E-state index contributed by atoms with van der Waals surface area (Å²) >= 11 is 6.34. The van der Waals surface area contributed by atoms with Crippen molar-refractivity contribution < 1.29 is 4.79 Å². The number of carbonyl (C=O) groups is 1. The Morgan fingerprint density at radius 1 is 1.29 bits per heavy atom. The van der Waals surface area contributed by atoms with Gasteiger partial charge in [0, 0.05) is 11.6 Å². The second kappa shape index (κ2) is 6.37. The van der Waals surface area contributed by atoms with Gasteiger partial charge in [0.2, 0.25) is 5.91 Å². The molecule has 3 nitrogen and oxygen atoms in total. The highest BCUT2D eigenvalue weighted by molar-refractivity contribution is 6.31. The molecule has 114 valence electrons. The third-order valence-electron chi connectivity index (χ3n) is 4.84. The molecule has 2 saturated heterocycles. The fourth-order valence-corrected chi connectivity index (χ4v) is 3.92. The average molecular weight is 307 g/mol. The molecule has 1 amide bonds. The van der Waals surface area contributed by atoms with Crippen LogP contribution in [0.25, 0.3) is 0 Å². The highest BCUT2D eigenvalue weighted by atomic mass is 35.5. The maximum Gasteiger partial charge on any atom is 0.240 e. The van der Waals surface area contributed by atoms with Gasteiger partial charge in [0.15, 0.2) is 0 Å². The van der Waals surface area contributed by atoms with Crippen molar-refractivity contribution in [2.75, 3.05) is 13.1 Å². The van der Waals surface area contributed by atoms with Crippen molar-refractivity contribution in [3.05, 3.63) is 34.9 Å². The van der Waals surface area contributed by atoms with Crippen LogP contribution < -0.4 is 5.32 Å². The number of halogens is 1. The second-order valence-electron chi connectivity index (χ2n) is 6.26. The van der Waals surface area contributed by atoms with Gasteiger partial charge >= 0.3 is 0 Å². The summed E-state index contributed by atoms with van der Waals surface area (Å²) in [5, 5.41) is 4.18. The number of nitrogens with zero attached hydrogens (tertiary/aromatic N) is 1. The number of carbonyl (C=O) groups excluding carboxylic acids is 1. The van der Waals surface area contributed by atoms with Crippen molar-refractivity contribution in [3.8, 4) is 0 Å². The van der Waals surface area contributed by atoms with Gasteiger partial charge < -0.3 is 10.2 Å². The Kier molecular flexibility index (Phi) is 4.51. The highest BCUT2D eigenvalue weighted by Gasteiger charge is 2.37. The molecule has 2 aliphatic heterocycles. The predicted octanol–water partition coefficient (Wildman–Crippen LogP) is 3.39. The standard InChI is InChI=1S/C17H23ClN2O/c1-12-6-4-10-19-16(12)17(21)20-11-5-9-15(20)13-7-2-3-8-14(13)18/h2-3,7-8,12,15-16,19H,4-6,9-11H2,1H3. The number of rotatable bonds is 2. The second-order valence-corrected chi connectivity index (χ2v) is 6.67. The first kappa shape index (κ1) is 14.9. The van der Waals surface area contributed by atoms with Crippen LogP contribution in [0.15, 0.2) is 24.3 Å². The molecule has 0 aliphatic carbocycles. The van der Waals surface area contributed by atoms with E-state index in [9.17, 15) is 4.79 Å². The van der Waals surface area contributed by atoms with Gasteiger partial charge in [-0.1, -0.05) is 36.7 Å². The normalized spacial score (nSPS) is 29.6. The lowest BCUT2D eigenvalue weighted by atomic mass is 9.91. The molecular weight excluding hydrogens is 284 g/mol. The maximum absolute atomic E-state index is 12.9. The Morgan fingerprint density at radius 3 is 2.86 bits per heavy atom. The molecule has 1 aromatic carbocycles. The summed E-state index contributed by atoms with van der Waals surface area (Å²) < 4.78 is 0. The fraction of sp³-hybridized carbons (Fsp3) is 0.588. The molecule has 3 rings (SSSR count). The van der Waals surface area contributed by atoms with Crippen LogP contribution in [0.2, 0.25) is 5.02 Å². The fourth-order valence-electron chi connectivity index (χ4n) is 3.66. The third kappa shape index (κ3) is 2.95. The van der Waals surface area contributed by atoms with Crippen LogP contribution in [0.4, 0.5) is 0 Å². The quantitative estimate of drug-likeness (QED) is 0.908. The Bertz CT molecular complexity index is 519. The highest BCUT2D eigenvalue weighted by Crippen LogP contribution is 2.36. The summed E-state index contributed by atoms with van der Waals surface area (Å²) in [7, 11) is 0. The van der Waals surface area contributed by atoms with Gasteiger partial charge in [-0.05, 0) is 49.8 Å². The SMILES string of the molecule is CC1CCCNC1C(=O)N1CCCC1c1ccccc1Cl. The Balaban J connectivity index is 1.80. The van der Waals surface area contributed by atoms with Gasteiger partial charge in [-0.15, -0.1) is 0 Å². The van der Waals surface area contributed by atoms with Gasteiger partial charge in [-0.3, -0.25) is 4.79 Å². The number of hydrogen-bond donors (Lipinski definition) is 1. The van der Waals surface area contributed by atoms with E-state index in [1.165, 1.54) is 6.42 Å². The summed E-state index contributed by atoms with van der Waals surface area (Å²) in [6, 6.07) is 8.03. The molecule has 3 atom stereocenters. The van der Waals surface area contributed by atoms with Crippen molar-refractivity contribution in [2.24, 2.45) is 5.92 Å². The molecule has 0 aromatic heterocycles. The van der Waals surface area contributed by atoms with Crippen LogP contribution in [0.1, 0.15) is 44.2 Å². The van der Waals surface area contributed by atoms with E-state index in [1.54, 1.807) is 0 Å². The Labute approximate surface area is 131 Å². The van der Waals surface area contributed by atoms with E-state index in [1.807, 2.05) is 23.1 Å². The zero-order valence-corrected chi connectivity index (χ0v) is 13.3. The zero-order chi connectivity index (χ0) is 14.8. The summed E-state index contributed by atoms with van der Waals surface area (Å²) in [6.07, 6.45) is 4.37. The predicted molar refractivity (Wildman–Crippen MR) is 85.3 cm³/mol. The Hall–Kier alpha value is -1.06. The summed E-state index contributed by atoms with van der Waals surface area (Å²) in [5.41, 5.74) is 1.09. The number of likely N-dealkylation sites (tertiary alicyclic amines) is 1. The monoisotopic (exact) mass is 306 g/mol. The smallest absolute Gasteiger partial charge is 0.240 e. The van der Waals surface area contributed by atoms with E-state index < -0.39 is 0 Å². The minimum absolute atomic E-state index is 0.0261. The van der Waals surface area contributed by atoms with Gasteiger partial charge in [-0.25, -0.2) is 0 Å². The number of nitrogens with one attached hydrogen (secondary N) is 1. The lowest BCUT2D eigenvalue weighted by Crippen LogP contribution is -2.52. The van der Waals surface area contributed by atoms with Crippen LogP contribution in [0, 0.1) is 5.92 Å². The van der Waals surface area contributed by atoms with E-state index >= 15 is 0 Å². The number of benzene rings is 1. The van der Waals surface area contributed by atoms with Gasteiger partial charge in [0.25, 0.3) is 0 Å². The van der Waals surface area contributed by atoms with Crippen LogP contribution in [0.5, 0.6) is 0 Å².